The van der Waals surface area contributed by atoms with Crippen LogP contribution in [0.15, 0.2) is 41.8 Å². The highest BCUT2D eigenvalue weighted by atomic mass is 16.6. The molecule has 2 heterocycles. The Bertz CT molecular complexity index is 1360. The number of Topliss-reactive ketones (excluding diaryl/α,β-unsaturated/α-hetero) is 1. The lowest BCUT2D eigenvalue weighted by Gasteiger charge is -2.59. The summed E-state index contributed by atoms with van der Waals surface area (Å²) >= 11 is 0. The molecule has 0 N–H and O–H groups in total. The van der Waals surface area contributed by atoms with Crippen LogP contribution in [0.25, 0.3) is 5.57 Å². The second-order valence-corrected chi connectivity index (χ2v) is 15.8. The number of hydrogen-bond acceptors (Lipinski definition) is 6. The third-order valence-electron chi connectivity index (χ3n) is 13.3. The summed E-state index contributed by atoms with van der Waals surface area (Å²) in [6, 6.07) is 6.70. The van der Waals surface area contributed by atoms with Crippen LogP contribution < -0.4 is 9.64 Å². The summed E-state index contributed by atoms with van der Waals surface area (Å²) in [5.41, 5.74) is 5.68. The van der Waals surface area contributed by atoms with Gasteiger partial charge in [-0.3, -0.25) is 4.79 Å². The van der Waals surface area contributed by atoms with Crippen LogP contribution in [0, 0.1) is 34.5 Å². The van der Waals surface area contributed by atoms with E-state index in [1.807, 2.05) is 0 Å². The van der Waals surface area contributed by atoms with Gasteiger partial charge in [0.05, 0.1) is 5.71 Å². The third kappa shape index (κ3) is 5.90. The van der Waals surface area contributed by atoms with Crippen LogP contribution in [-0.2, 0) is 9.63 Å². The number of carbonyl (C=O) groups excluding carboxylic acids is 1. The third-order valence-corrected chi connectivity index (χ3v) is 13.3. The van der Waals surface area contributed by atoms with Crippen LogP contribution in [0.3, 0.4) is 0 Å². The number of hydrogen-bond donors (Lipinski definition) is 0. The van der Waals surface area contributed by atoms with E-state index in [1.54, 1.807) is 0 Å². The number of anilines is 1. The molecule has 6 atom stereocenters. The van der Waals surface area contributed by atoms with Gasteiger partial charge in [0.25, 0.3) is 0 Å². The van der Waals surface area contributed by atoms with Crippen molar-refractivity contribution < 1.29 is 14.4 Å². The first kappa shape index (κ1) is 31.0. The van der Waals surface area contributed by atoms with E-state index in [1.165, 1.54) is 54.6 Å². The summed E-state index contributed by atoms with van der Waals surface area (Å²) in [7, 11) is 2.19. The quantitative estimate of drug-likeness (QED) is 0.218. The van der Waals surface area contributed by atoms with Gasteiger partial charge in [-0.15, -0.1) is 0 Å². The first-order valence-corrected chi connectivity index (χ1v) is 18.1. The number of benzene rings is 1. The average molecular weight is 614 g/mol. The van der Waals surface area contributed by atoms with E-state index in [-0.39, 0.29) is 5.41 Å². The maximum atomic E-state index is 12.2. The van der Waals surface area contributed by atoms with Crippen molar-refractivity contribution >= 4 is 22.8 Å². The molecule has 244 valence electrons. The van der Waals surface area contributed by atoms with E-state index in [2.05, 4.69) is 61.5 Å². The Morgan fingerprint density at radius 2 is 1.84 bits per heavy atom. The van der Waals surface area contributed by atoms with Crippen molar-refractivity contribution in [3.63, 3.8) is 0 Å². The highest BCUT2D eigenvalue weighted by Gasteiger charge is 2.59. The number of allylic oxidation sites excluding steroid dienone is 2. The zero-order valence-corrected chi connectivity index (χ0v) is 28.1. The van der Waals surface area contributed by atoms with Crippen LogP contribution >= 0.6 is 0 Å². The van der Waals surface area contributed by atoms with Gasteiger partial charge >= 0.3 is 0 Å². The average Bonchev–Trinajstić information content (AvgIpc) is 3.37. The maximum Gasteiger partial charge on any atom is 0.136 e. The molecule has 1 aromatic rings. The fraction of sp³-hybridized carbons (Fsp3) is 0.692. The highest BCUT2D eigenvalue weighted by Crippen LogP contribution is 2.65. The predicted molar refractivity (Wildman–Crippen MR) is 182 cm³/mol. The molecule has 45 heavy (non-hydrogen) atoms. The second kappa shape index (κ2) is 12.5. The van der Waals surface area contributed by atoms with Gasteiger partial charge in [0.15, 0.2) is 0 Å². The number of piperazine rings is 1. The van der Waals surface area contributed by atoms with E-state index in [4.69, 9.17) is 14.7 Å². The minimum Gasteiger partial charge on any atom is -0.457 e. The summed E-state index contributed by atoms with van der Waals surface area (Å²) in [6.07, 6.45) is 16.6. The molecule has 1 aromatic carbocycles. The second-order valence-electron chi connectivity index (χ2n) is 15.8. The lowest BCUT2D eigenvalue weighted by Crippen LogP contribution is -2.53. The van der Waals surface area contributed by atoms with Gasteiger partial charge in [0.2, 0.25) is 0 Å². The molecule has 0 bridgehead atoms. The topological polar surface area (TPSA) is 54.4 Å². The minimum absolute atomic E-state index is 0.199. The molecule has 2 aliphatic heterocycles. The lowest BCUT2D eigenvalue weighted by atomic mass is 9.45. The smallest absolute Gasteiger partial charge is 0.136 e. The van der Waals surface area contributed by atoms with E-state index in [0.29, 0.717) is 23.7 Å². The number of oxime groups is 1. The van der Waals surface area contributed by atoms with Crippen molar-refractivity contribution in [1.29, 1.82) is 0 Å². The van der Waals surface area contributed by atoms with Crippen LogP contribution in [0.5, 0.6) is 5.75 Å². The molecule has 0 amide bonds. The molecule has 0 spiro atoms. The highest BCUT2D eigenvalue weighted by molar-refractivity contribution is 5.92. The van der Waals surface area contributed by atoms with Crippen LogP contribution in [0.2, 0.25) is 0 Å². The van der Waals surface area contributed by atoms with Gasteiger partial charge < -0.3 is 19.4 Å². The number of ketones is 1. The number of carbonyl (C=O) groups is 1. The molecule has 0 radical (unpaired) electrons. The zero-order valence-electron chi connectivity index (χ0n) is 28.1. The monoisotopic (exact) mass is 613 g/mol. The van der Waals surface area contributed by atoms with Crippen molar-refractivity contribution in [3.05, 3.63) is 42.2 Å². The summed E-state index contributed by atoms with van der Waals surface area (Å²) < 4.78 is 6.08. The molecule has 4 saturated carbocycles. The molecule has 6 aliphatic rings. The van der Waals surface area contributed by atoms with Crippen molar-refractivity contribution in [2.75, 3.05) is 44.7 Å². The van der Waals surface area contributed by atoms with E-state index >= 15 is 0 Å². The molecule has 6 nitrogen and oxygen atoms in total. The molecule has 7 rings (SSSR count). The first-order chi connectivity index (χ1) is 21.7. The molecular weight excluding hydrogens is 558 g/mol. The van der Waals surface area contributed by atoms with Gasteiger partial charge in [-0.1, -0.05) is 25.6 Å². The van der Waals surface area contributed by atoms with Gasteiger partial charge in [-0.05, 0) is 131 Å². The largest absolute Gasteiger partial charge is 0.457 e. The minimum atomic E-state index is 0.199. The van der Waals surface area contributed by atoms with E-state index < -0.39 is 0 Å². The number of likely N-dealkylation sites (N-methyl/N-ethyl adjacent to an activating group) is 1. The van der Waals surface area contributed by atoms with E-state index in [0.717, 1.165) is 107 Å². The van der Waals surface area contributed by atoms with Gasteiger partial charge in [-0.25, -0.2) is 0 Å². The van der Waals surface area contributed by atoms with Gasteiger partial charge in [0, 0.05) is 61.8 Å². The Morgan fingerprint density at radius 1 is 1.00 bits per heavy atom. The Kier molecular flexibility index (Phi) is 8.65. The number of unbranched alkanes of at least 4 members (excludes halogenated alkanes) is 2. The van der Waals surface area contributed by atoms with Gasteiger partial charge in [-0.2, -0.15) is 0 Å². The normalized spacial score (nSPS) is 35.7. The Balaban J connectivity index is 0.883. The molecule has 5 fully saturated rings. The molecule has 0 unspecified atom stereocenters. The van der Waals surface area contributed by atoms with Crippen molar-refractivity contribution in [2.45, 2.75) is 97.3 Å². The standard InChI is InChI=1S/C39H55N3O3/c1-27-24-28(32-12-10-30(26-36(32)45-27)42-21-19-41(4)20-22-42)8-6-5-7-23-44-40-37-14-13-34-33-11-9-29-25-31(43)15-17-38(29,2)35(33)16-18-39(34,37)3/h10,12,24,26,29,33-35H,1,5-9,11,13-23,25H2,2-4H3/b40-37-/t29-,33-,34-,35-,38-,39-/m0/s1. The predicted octanol–water partition coefficient (Wildman–Crippen LogP) is 8.27. The fourth-order valence-corrected chi connectivity index (χ4v) is 10.5. The number of fused-ring (bicyclic) bond motifs is 6. The molecule has 4 aliphatic carbocycles. The molecular formula is C39H55N3O3. The number of nitrogens with zero attached hydrogens (tertiary/aromatic N) is 3. The van der Waals surface area contributed by atoms with Crippen molar-refractivity contribution in [1.82, 2.24) is 4.90 Å². The summed E-state index contributed by atoms with van der Waals surface area (Å²) in [5.74, 6) is 5.13. The van der Waals surface area contributed by atoms with Crippen molar-refractivity contribution in [2.24, 2.45) is 39.7 Å². The fourth-order valence-electron chi connectivity index (χ4n) is 10.5. The Labute approximate surface area is 271 Å². The molecule has 1 saturated heterocycles. The Morgan fingerprint density at radius 3 is 2.69 bits per heavy atom. The molecule has 6 heteroatoms. The van der Waals surface area contributed by atoms with Crippen LogP contribution in [0.4, 0.5) is 5.69 Å². The van der Waals surface area contributed by atoms with Crippen LogP contribution in [-0.4, -0.2) is 56.2 Å². The lowest BCUT2D eigenvalue weighted by molar-refractivity contribution is -0.136. The van der Waals surface area contributed by atoms with E-state index in [9.17, 15) is 4.79 Å². The summed E-state index contributed by atoms with van der Waals surface area (Å²) in [5, 5.41) is 4.83. The van der Waals surface area contributed by atoms with Gasteiger partial charge in [0.1, 0.15) is 23.9 Å². The van der Waals surface area contributed by atoms with Crippen LogP contribution in [0.1, 0.15) is 103 Å². The number of ether oxygens (including phenoxy) is 1. The zero-order chi connectivity index (χ0) is 31.2. The SMILES string of the molecule is C=C1C=C(CCCCCO/N=C2/CC[C@H]3[C@@H]4CC[C@H]5CC(=O)CC[C@]5(C)[C@H]4CC[C@]23C)c2ccc(N3CCN(C)CC3)cc2O1. The summed E-state index contributed by atoms with van der Waals surface area (Å²) in [6.45, 7) is 14.2. The Hall–Kier alpha value is -2.60. The number of rotatable bonds is 8. The van der Waals surface area contributed by atoms with Crippen molar-refractivity contribution in [3.8, 4) is 5.75 Å². The maximum absolute atomic E-state index is 12.2. The first-order valence-electron chi connectivity index (χ1n) is 18.1. The summed E-state index contributed by atoms with van der Waals surface area (Å²) in [4.78, 5) is 23.1. The molecule has 0 aromatic heterocycles.